The second kappa shape index (κ2) is 11.0. The lowest BCUT2D eigenvalue weighted by atomic mass is 9.81. The van der Waals surface area contributed by atoms with Crippen molar-refractivity contribution in [2.45, 2.75) is 38.1 Å². The van der Waals surface area contributed by atoms with Crippen molar-refractivity contribution in [3.05, 3.63) is 76.2 Å². The minimum Gasteiger partial charge on any atom is -0.366 e. The molecule has 8 heteroatoms. The molecule has 7 nitrogen and oxygen atoms in total. The fraction of sp³-hybridized carbons (Fsp3) is 0.346. The maximum Gasteiger partial charge on any atom is 0.248 e. The van der Waals surface area contributed by atoms with Crippen LogP contribution in [0.15, 0.2) is 59.2 Å². The van der Waals surface area contributed by atoms with Crippen LogP contribution < -0.4 is 16.8 Å². The predicted octanol–water partition coefficient (Wildman–Crippen LogP) is 4.10. The number of benzene rings is 2. The maximum absolute atomic E-state index is 13.2. The minimum absolute atomic E-state index is 0.000269. The van der Waals surface area contributed by atoms with Crippen molar-refractivity contribution in [2.24, 2.45) is 23.3 Å². The van der Waals surface area contributed by atoms with Crippen molar-refractivity contribution < 1.29 is 9.59 Å². The van der Waals surface area contributed by atoms with Crippen LogP contribution in [0.4, 0.5) is 0 Å². The summed E-state index contributed by atoms with van der Waals surface area (Å²) in [6.07, 6.45) is 4.34. The lowest BCUT2D eigenvalue weighted by Gasteiger charge is -2.28. The highest BCUT2D eigenvalue weighted by Crippen LogP contribution is 2.31. The van der Waals surface area contributed by atoms with E-state index in [2.05, 4.69) is 26.2 Å². The van der Waals surface area contributed by atoms with E-state index < -0.39 is 5.91 Å². The van der Waals surface area contributed by atoms with Gasteiger partial charge >= 0.3 is 0 Å². The SMILES string of the molecule is NCC1CCC(C(=O)NC(Cc2ccccc2)c2nc(-c3ccc(C(N)=O)cc3)c(Br)[nH]2)CC1. The normalized spacial score (nSPS) is 18.9. The number of carbonyl (C=O) groups is 2. The van der Waals surface area contributed by atoms with Gasteiger partial charge in [0.1, 0.15) is 16.1 Å². The quantitative estimate of drug-likeness (QED) is 0.354. The molecule has 1 aliphatic rings. The number of imidazole rings is 1. The van der Waals surface area contributed by atoms with E-state index in [0.717, 1.165) is 36.8 Å². The Kier molecular flexibility index (Phi) is 7.80. The molecular formula is C26H30BrN5O2. The molecule has 1 fully saturated rings. The van der Waals surface area contributed by atoms with Crippen LogP contribution >= 0.6 is 15.9 Å². The van der Waals surface area contributed by atoms with Gasteiger partial charge in [-0.25, -0.2) is 4.98 Å². The molecule has 1 saturated carbocycles. The lowest BCUT2D eigenvalue weighted by Crippen LogP contribution is -2.37. The van der Waals surface area contributed by atoms with Crippen molar-refractivity contribution in [3.8, 4) is 11.3 Å². The molecule has 1 atom stereocenters. The number of nitrogens with one attached hydrogen (secondary N) is 2. The number of hydrogen-bond acceptors (Lipinski definition) is 4. The summed E-state index contributed by atoms with van der Waals surface area (Å²) in [5.41, 5.74) is 14.3. The molecule has 0 spiro atoms. The van der Waals surface area contributed by atoms with Crippen molar-refractivity contribution >= 4 is 27.7 Å². The number of primary amides is 1. The molecule has 4 rings (SSSR count). The molecule has 3 aromatic rings. The standard InChI is InChI=1S/C26H30BrN5O2/c27-23-22(18-10-12-19(13-11-18)24(29)33)31-25(32-23)21(14-16-4-2-1-3-5-16)30-26(34)20-8-6-17(15-28)7-9-20/h1-5,10-13,17,20-21H,6-9,14-15,28H2,(H2,29,33)(H,30,34)(H,31,32). The monoisotopic (exact) mass is 523 g/mol. The summed E-state index contributed by atoms with van der Waals surface area (Å²) < 4.78 is 0.713. The van der Waals surface area contributed by atoms with Crippen molar-refractivity contribution in [3.63, 3.8) is 0 Å². The van der Waals surface area contributed by atoms with E-state index in [1.807, 2.05) is 42.5 Å². The first-order valence-corrected chi connectivity index (χ1v) is 12.4. The van der Waals surface area contributed by atoms with Gasteiger partial charge in [-0.1, -0.05) is 42.5 Å². The van der Waals surface area contributed by atoms with Gasteiger partial charge in [0.25, 0.3) is 0 Å². The van der Waals surface area contributed by atoms with Gasteiger partial charge in [-0.2, -0.15) is 0 Å². The molecule has 0 radical (unpaired) electrons. The van der Waals surface area contributed by atoms with E-state index in [9.17, 15) is 9.59 Å². The summed E-state index contributed by atoms with van der Waals surface area (Å²) >= 11 is 3.58. The largest absolute Gasteiger partial charge is 0.366 e. The molecule has 1 heterocycles. The maximum atomic E-state index is 13.2. The Morgan fingerprint density at radius 3 is 2.35 bits per heavy atom. The van der Waals surface area contributed by atoms with Gasteiger partial charge in [-0.3, -0.25) is 9.59 Å². The van der Waals surface area contributed by atoms with Crippen LogP contribution in [0.5, 0.6) is 0 Å². The first-order valence-electron chi connectivity index (χ1n) is 11.6. The van der Waals surface area contributed by atoms with Gasteiger partial charge < -0.3 is 21.8 Å². The molecule has 1 aromatic heterocycles. The smallest absolute Gasteiger partial charge is 0.248 e. The third-order valence-electron chi connectivity index (χ3n) is 6.60. The third-order valence-corrected chi connectivity index (χ3v) is 7.17. The topological polar surface area (TPSA) is 127 Å². The Morgan fingerprint density at radius 1 is 1.06 bits per heavy atom. The lowest BCUT2D eigenvalue weighted by molar-refractivity contribution is -0.127. The van der Waals surface area contributed by atoms with Crippen LogP contribution in [-0.4, -0.2) is 28.3 Å². The van der Waals surface area contributed by atoms with Crippen LogP contribution in [0.2, 0.25) is 0 Å². The molecule has 0 saturated heterocycles. The average Bonchev–Trinajstić information content (AvgIpc) is 3.25. The van der Waals surface area contributed by atoms with E-state index in [1.54, 1.807) is 12.1 Å². The number of nitrogens with zero attached hydrogens (tertiary/aromatic N) is 1. The number of H-pyrrole nitrogens is 1. The number of aromatic nitrogens is 2. The summed E-state index contributed by atoms with van der Waals surface area (Å²) in [7, 11) is 0. The zero-order chi connectivity index (χ0) is 24.1. The van der Waals surface area contributed by atoms with Crippen LogP contribution in [0, 0.1) is 11.8 Å². The number of hydrogen-bond donors (Lipinski definition) is 4. The molecule has 1 aliphatic carbocycles. The van der Waals surface area contributed by atoms with E-state index >= 15 is 0 Å². The van der Waals surface area contributed by atoms with Gasteiger partial charge in [-0.15, -0.1) is 0 Å². The second-order valence-electron chi connectivity index (χ2n) is 8.93. The highest BCUT2D eigenvalue weighted by Gasteiger charge is 2.29. The number of aromatic amines is 1. The van der Waals surface area contributed by atoms with Crippen molar-refractivity contribution in [1.29, 1.82) is 0 Å². The summed E-state index contributed by atoms with van der Waals surface area (Å²) in [5, 5.41) is 3.25. The highest BCUT2D eigenvalue weighted by atomic mass is 79.9. The first kappa shape index (κ1) is 24.2. The Morgan fingerprint density at radius 2 is 1.74 bits per heavy atom. The molecule has 2 aromatic carbocycles. The molecule has 2 amide bonds. The van der Waals surface area contributed by atoms with Crippen molar-refractivity contribution in [1.82, 2.24) is 15.3 Å². The van der Waals surface area contributed by atoms with E-state index in [1.165, 1.54) is 0 Å². The summed E-state index contributed by atoms with van der Waals surface area (Å²) in [4.78, 5) is 32.7. The second-order valence-corrected chi connectivity index (χ2v) is 9.72. The molecule has 178 valence electrons. The van der Waals surface area contributed by atoms with Crippen molar-refractivity contribution in [2.75, 3.05) is 6.54 Å². The van der Waals surface area contributed by atoms with Crippen LogP contribution in [0.3, 0.4) is 0 Å². The minimum atomic E-state index is -0.473. The molecule has 34 heavy (non-hydrogen) atoms. The summed E-state index contributed by atoms with van der Waals surface area (Å²) in [6.45, 7) is 0.689. The van der Waals surface area contributed by atoms with Gasteiger partial charge in [0.15, 0.2) is 0 Å². The van der Waals surface area contributed by atoms with Gasteiger partial charge in [0.2, 0.25) is 11.8 Å². The van der Waals surface area contributed by atoms with Crippen LogP contribution in [0.25, 0.3) is 11.3 Å². The fourth-order valence-electron chi connectivity index (χ4n) is 4.53. The number of nitrogens with two attached hydrogens (primary N) is 2. The Bertz CT molecular complexity index is 1120. The van der Waals surface area contributed by atoms with Gasteiger partial charge in [0, 0.05) is 17.0 Å². The number of amides is 2. The molecule has 6 N–H and O–H groups in total. The zero-order valence-corrected chi connectivity index (χ0v) is 20.6. The Hall–Kier alpha value is -2.97. The molecular weight excluding hydrogens is 494 g/mol. The average molecular weight is 524 g/mol. The van der Waals surface area contributed by atoms with Gasteiger partial charge in [0.05, 0.1) is 6.04 Å². The van der Waals surface area contributed by atoms with Crippen LogP contribution in [-0.2, 0) is 11.2 Å². The first-order chi connectivity index (χ1) is 16.4. The van der Waals surface area contributed by atoms with E-state index in [4.69, 9.17) is 16.5 Å². The summed E-state index contributed by atoms with van der Waals surface area (Å²) in [6, 6.07) is 16.7. The fourth-order valence-corrected chi connectivity index (χ4v) is 5.05. The van der Waals surface area contributed by atoms with Crippen LogP contribution in [0.1, 0.15) is 53.5 Å². The number of carbonyl (C=O) groups excluding carboxylic acids is 2. The number of rotatable bonds is 8. The van der Waals surface area contributed by atoms with E-state index in [0.29, 0.717) is 40.6 Å². The molecule has 0 aliphatic heterocycles. The molecule has 1 unspecified atom stereocenters. The third kappa shape index (κ3) is 5.74. The Labute approximate surface area is 207 Å². The highest BCUT2D eigenvalue weighted by molar-refractivity contribution is 9.10. The van der Waals surface area contributed by atoms with E-state index in [-0.39, 0.29) is 17.9 Å². The number of halogens is 1. The zero-order valence-electron chi connectivity index (χ0n) is 19.0. The summed E-state index contributed by atoms with van der Waals surface area (Å²) in [5.74, 6) is 0.790. The molecule has 0 bridgehead atoms. The predicted molar refractivity (Wildman–Crippen MR) is 136 cm³/mol. The van der Waals surface area contributed by atoms with Gasteiger partial charge in [-0.05, 0) is 78.2 Å². The Balaban J connectivity index is 1.57.